The van der Waals surface area contributed by atoms with Crippen molar-refractivity contribution in [3.8, 4) is 11.1 Å². The van der Waals surface area contributed by atoms with E-state index >= 15 is 0 Å². The molecule has 0 N–H and O–H groups in total. The summed E-state index contributed by atoms with van der Waals surface area (Å²) in [5.41, 5.74) is 16.7. The summed E-state index contributed by atoms with van der Waals surface area (Å²) in [4.78, 5) is 2.48. The molecule has 0 saturated heterocycles. The predicted octanol–water partition coefficient (Wildman–Crippen LogP) is 12.9. The Morgan fingerprint density at radius 3 is 1.65 bits per heavy atom. The van der Waals surface area contributed by atoms with Gasteiger partial charge in [0.05, 0.1) is 33.2 Å². The monoisotopic (exact) mass is 687 g/mol. The number of aromatic nitrogens is 2. The number of rotatable bonds is 5. The van der Waals surface area contributed by atoms with Crippen LogP contribution in [0.1, 0.15) is 22.3 Å². The van der Waals surface area contributed by atoms with Gasteiger partial charge in [-0.1, -0.05) is 146 Å². The third kappa shape index (κ3) is 3.70. The van der Waals surface area contributed by atoms with E-state index in [1.54, 1.807) is 0 Å². The molecule has 3 heteroatoms. The molecule has 0 bridgehead atoms. The minimum atomic E-state index is -0.493. The molecule has 252 valence electrons. The highest BCUT2D eigenvalue weighted by atomic mass is 15.2. The fourth-order valence-electron chi connectivity index (χ4n) is 9.86. The van der Waals surface area contributed by atoms with Crippen LogP contribution in [0.5, 0.6) is 0 Å². The van der Waals surface area contributed by atoms with Crippen LogP contribution in [0.25, 0.3) is 55.0 Å². The second-order valence-electron chi connectivity index (χ2n) is 14.5. The van der Waals surface area contributed by atoms with Gasteiger partial charge in [0.1, 0.15) is 5.65 Å². The smallest absolute Gasteiger partial charge is 0.131 e. The SMILES string of the molecule is c1ccc(N(c2ccc3c(c2)C(c2ccccc2)(c2ccccc2)c2ccccc2-3)c2cccc3c2c2c4ccccc4n4c5ccccc5n3c24)cc1. The maximum absolute atomic E-state index is 2.48. The molecule has 54 heavy (non-hydrogen) atoms. The number of imidazole rings is 1. The molecule has 8 aromatic carbocycles. The molecular formula is C51H33N3. The Hall–Kier alpha value is -7.10. The van der Waals surface area contributed by atoms with Gasteiger partial charge in [-0.15, -0.1) is 0 Å². The lowest BCUT2D eigenvalue weighted by Gasteiger charge is -2.35. The van der Waals surface area contributed by atoms with Crippen molar-refractivity contribution in [2.24, 2.45) is 0 Å². The van der Waals surface area contributed by atoms with Crippen LogP contribution in [0.2, 0.25) is 0 Å². The van der Waals surface area contributed by atoms with Crippen molar-refractivity contribution in [2.45, 2.75) is 5.41 Å². The summed E-state index contributed by atoms with van der Waals surface area (Å²) < 4.78 is 4.93. The maximum atomic E-state index is 2.48. The second-order valence-corrected chi connectivity index (χ2v) is 14.5. The predicted molar refractivity (Wildman–Crippen MR) is 224 cm³/mol. The average Bonchev–Trinajstić information content (AvgIpc) is 3.96. The van der Waals surface area contributed by atoms with Gasteiger partial charge in [0.2, 0.25) is 0 Å². The lowest BCUT2D eigenvalue weighted by atomic mass is 9.67. The standard InChI is InChI=1S/C51H33N3/c1-4-17-34(18-5-1)51(35-19-6-2-7-20-35)41-25-12-10-23-38(41)39-32-31-37(33-42(39)51)52(36-21-8-3-9-22-36)46-29-16-30-47-49(46)48-40-24-11-13-26-43(40)53-44-27-14-15-28-45(44)54(47)50(48)53/h1-33H. The van der Waals surface area contributed by atoms with Crippen molar-refractivity contribution >= 4 is 60.9 Å². The molecule has 0 unspecified atom stereocenters. The van der Waals surface area contributed by atoms with Crippen LogP contribution in [0, 0.1) is 0 Å². The molecule has 0 amide bonds. The van der Waals surface area contributed by atoms with Gasteiger partial charge in [0.25, 0.3) is 0 Å². The zero-order valence-electron chi connectivity index (χ0n) is 29.4. The Kier molecular flexibility index (Phi) is 5.98. The van der Waals surface area contributed by atoms with Crippen molar-refractivity contribution in [1.82, 2.24) is 8.80 Å². The van der Waals surface area contributed by atoms with Crippen molar-refractivity contribution in [3.63, 3.8) is 0 Å². The highest BCUT2D eigenvalue weighted by Gasteiger charge is 2.46. The van der Waals surface area contributed by atoms with Crippen LogP contribution in [0.4, 0.5) is 17.1 Å². The minimum absolute atomic E-state index is 0.493. The highest BCUT2D eigenvalue weighted by Crippen LogP contribution is 2.57. The first-order valence-electron chi connectivity index (χ1n) is 18.7. The Labute approximate surface area is 312 Å². The molecule has 12 rings (SSSR count). The summed E-state index contributed by atoms with van der Waals surface area (Å²) in [5, 5.41) is 3.80. The average molecular weight is 688 g/mol. The van der Waals surface area contributed by atoms with Gasteiger partial charge < -0.3 is 4.90 Å². The normalized spacial score (nSPS) is 13.3. The second kappa shape index (κ2) is 11.0. The van der Waals surface area contributed by atoms with Crippen molar-refractivity contribution in [1.29, 1.82) is 0 Å². The first-order valence-corrected chi connectivity index (χ1v) is 18.7. The molecule has 0 saturated carbocycles. The molecule has 11 aromatic rings. The maximum Gasteiger partial charge on any atom is 0.131 e. The number of anilines is 3. The van der Waals surface area contributed by atoms with Crippen molar-refractivity contribution < 1.29 is 0 Å². The zero-order valence-corrected chi connectivity index (χ0v) is 29.4. The summed E-state index contributed by atoms with van der Waals surface area (Å²) in [6.45, 7) is 0. The van der Waals surface area contributed by atoms with Crippen LogP contribution in [0.3, 0.4) is 0 Å². The number of nitrogens with zero attached hydrogens (tertiary/aromatic N) is 3. The van der Waals surface area contributed by atoms with E-state index in [4.69, 9.17) is 0 Å². The Morgan fingerprint density at radius 1 is 0.370 bits per heavy atom. The van der Waals surface area contributed by atoms with Crippen LogP contribution in [-0.2, 0) is 5.41 Å². The van der Waals surface area contributed by atoms with Crippen LogP contribution in [-0.4, -0.2) is 8.80 Å². The summed E-state index contributed by atoms with van der Waals surface area (Å²) >= 11 is 0. The quantitative estimate of drug-likeness (QED) is 0.175. The Bertz CT molecular complexity index is 3160. The lowest BCUT2D eigenvalue weighted by molar-refractivity contribution is 0.768. The van der Waals surface area contributed by atoms with E-state index in [-0.39, 0.29) is 0 Å². The van der Waals surface area contributed by atoms with E-state index in [9.17, 15) is 0 Å². The van der Waals surface area contributed by atoms with Gasteiger partial charge in [0.15, 0.2) is 0 Å². The largest absolute Gasteiger partial charge is 0.310 e. The van der Waals surface area contributed by atoms with Gasteiger partial charge in [-0.3, -0.25) is 8.80 Å². The molecular weight excluding hydrogens is 655 g/mol. The third-order valence-electron chi connectivity index (χ3n) is 11.9. The molecule has 0 atom stereocenters. The van der Waals surface area contributed by atoms with E-state index in [0.29, 0.717) is 0 Å². The van der Waals surface area contributed by atoms with Gasteiger partial charge >= 0.3 is 0 Å². The highest BCUT2D eigenvalue weighted by molar-refractivity contribution is 6.27. The zero-order chi connectivity index (χ0) is 35.4. The molecule has 0 fully saturated rings. The number of benzene rings is 8. The molecule has 3 aromatic heterocycles. The van der Waals surface area contributed by atoms with Crippen LogP contribution in [0.15, 0.2) is 200 Å². The van der Waals surface area contributed by atoms with Crippen LogP contribution < -0.4 is 4.90 Å². The number of hydrogen-bond donors (Lipinski definition) is 0. The summed E-state index contributed by atoms with van der Waals surface area (Å²) in [6.07, 6.45) is 0. The molecule has 0 spiro atoms. The van der Waals surface area contributed by atoms with Gasteiger partial charge in [-0.2, -0.15) is 0 Å². The van der Waals surface area contributed by atoms with Crippen LogP contribution >= 0.6 is 0 Å². The Balaban J connectivity index is 1.20. The molecule has 1 aliphatic rings. The molecule has 3 nitrogen and oxygen atoms in total. The van der Waals surface area contributed by atoms with E-state index in [0.717, 1.165) is 17.1 Å². The lowest BCUT2D eigenvalue weighted by Crippen LogP contribution is -2.28. The van der Waals surface area contributed by atoms with E-state index < -0.39 is 5.41 Å². The summed E-state index contributed by atoms with van der Waals surface area (Å²) in [6, 6.07) is 73.7. The first kappa shape index (κ1) is 29.5. The van der Waals surface area contributed by atoms with Gasteiger partial charge in [-0.05, 0) is 88.0 Å². The molecule has 3 heterocycles. The Morgan fingerprint density at radius 2 is 0.926 bits per heavy atom. The van der Waals surface area contributed by atoms with Crippen molar-refractivity contribution in [2.75, 3.05) is 4.90 Å². The summed E-state index contributed by atoms with van der Waals surface area (Å²) in [7, 11) is 0. The first-order chi connectivity index (χ1) is 26.8. The fourth-order valence-corrected chi connectivity index (χ4v) is 9.86. The third-order valence-corrected chi connectivity index (χ3v) is 11.9. The molecule has 1 aliphatic carbocycles. The summed E-state index contributed by atoms with van der Waals surface area (Å²) in [5.74, 6) is 0. The molecule has 0 radical (unpaired) electrons. The number of para-hydroxylation sites is 4. The van der Waals surface area contributed by atoms with Crippen molar-refractivity contribution in [3.05, 3.63) is 222 Å². The van der Waals surface area contributed by atoms with E-state index in [1.165, 1.54) is 77.3 Å². The number of hydrogen-bond acceptors (Lipinski definition) is 1. The van der Waals surface area contributed by atoms with E-state index in [1.807, 2.05) is 0 Å². The fraction of sp³-hybridized carbons (Fsp3) is 0.0196. The minimum Gasteiger partial charge on any atom is -0.310 e. The molecule has 0 aliphatic heterocycles. The van der Waals surface area contributed by atoms with Gasteiger partial charge in [0, 0.05) is 27.5 Å². The topological polar surface area (TPSA) is 12.1 Å². The van der Waals surface area contributed by atoms with Gasteiger partial charge in [-0.25, -0.2) is 0 Å². The number of fused-ring (bicyclic) bond motifs is 12. The van der Waals surface area contributed by atoms with E-state index in [2.05, 4.69) is 214 Å².